The fraction of sp³-hybridized carbons (Fsp3) is 0.579. The Kier molecular flexibility index (Phi) is 6.42. The average Bonchev–Trinajstić information content (AvgIpc) is 2.53. The molecule has 0 fully saturated rings. The van der Waals surface area contributed by atoms with Crippen LogP contribution in [0.1, 0.15) is 49.5 Å². The second-order valence-corrected chi connectivity index (χ2v) is 7.23. The van der Waals surface area contributed by atoms with Gasteiger partial charge in [-0.25, -0.2) is 0 Å². The molecular formula is C19H28N2O4. The minimum atomic E-state index is -0.557. The van der Waals surface area contributed by atoms with Crippen LogP contribution in [0.3, 0.4) is 0 Å². The number of rotatable bonds is 7. The Morgan fingerprint density at radius 1 is 1.28 bits per heavy atom. The molecule has 0 saturated carbocycles. The minimum Gasteiger partial charge on any atom is -0.494 e. The molecule has 138 valence electrons. The smallest absolute Gasteiger partial charge is 0.326 e. The number of hydrogen-bond donors (Lipinski definition) is 1. The zero-order chi connectivity index (χ0) is 18.4. The molecule has 0 saturated heterocycles. The van der Waals surface area contributed by atoms with Crippen molar-refractivity contribution in [1.82, 2.24) is 4.90 Å². The zero-order valence-corrected chi connectivity index (χ0v) is 15.3. The Labute approximate surface area is 149 Å². The number of nitrogens with two attached hydrogens (primary N) is 1. The van der Waals surface area contributed by atoms with Crippen LogP contribution in [0.5, 0.6) is 5.75 Å². The number of nitrogens with zero attached hydrogens (tertiary/aromatic N) is 1. The predicted octanol–water partition coefficient (Wildman–Crippen LogP) is 2.14. The number of carbonyl (C=O) groups excluding carboxylic acids is 2. The van der Waals surface area contributed by atoms with Crippen LogP contribution >= 0.6 is 0 Å². The second kappa shape index (κ2) is 8.34. The Hall–Kier alpha value is -2.08. The average molecular weight is 348 g/mol. The van der Waals surface area contributed by atoms with Crippen molar-refractivity contribution in [1.29, 1.82) is 0 Å². The highest BCUT2D eigenvalue weighted by atomic mass is 16.6. The molecule has 1 aromatic rings. The summed E-state index contributed by atoms with van der Waals surface area (Å²) in [6, 6.07) is 5.58. The van der Waals surface area contributed by atoms with Crippen LogP contribution in [0.25, 0.3) is 0 Å². The fourth-order valence-electron chi connectivity index (χ4n) is 2.71. The van der Waals surface area contributed by atoms with Crippen LogP contribution < -0.4 is 10.5 Å². The Morgan fingerprint density at radius 3 is 2.72 bits per heavy atom. The Balaban J connectivity index is 2.01. The molecule has 6 nitrogen and oxygen atoms in total. The van der Waals surface area contributed by atoms with Gasteiger partial charge in [0, 0.05) is 12.1 Å². The van der Waals surface area contributed by atoms with Crippen LogP contribution in [0.2, 0.25) is 0 Å². The summed E-state index contributed by atoms with van der Waals surface area (Å²) in [5.74, 6) is 0.126. The molecule has 0 aromatic heterocycles. The number of hydrogen-bond acceptors (Lipinski definition) is 5. The molecule has 0 bridgehead atoms. The van der Waals surface area contributed by atoms with Crippen molar-refractivity contribution >= 4 is 11.9 Å². The number of ether oxygens (including phenoxy) is 2. The second-order valence-electron chi connectivity index (χ2n) is 7.23. The molecule has 2 rings (SSSR count). The van der Waals surface area contributed by atoms with Gasteiger partial charge in [0.1, 0.15) is 17.9 Å². The summed E-state index contributed by atoms with van der Waals surface area (Å²) in [5.41, 5.74) is 6.50. The highest BCUT2D eigenvalue weighted by Gasteiger charge is 2.28. The van der Waals surface area contributed by atoms with Crippen molar-refractivity contribution in [2.75, 3.05) is 26.2 Å². The third kappa shape index (κ3) is 5.74. The van der Waals surface area contributed by atoms with Gasteiger partial charge in [-0.15, -0.1) is 0 Å². The number of esters is 1. The van der Waals surface area contributed by atoms with E-state index < -0.39 is 11.6 Å². The van der Waals surface area contributed by atoms with Gasteiger partial charge < -0.3 is 20.1 Å². The summed E-state index contributed by atoms with van der Waals surface area (Å²) >= 11 is 0. The van der Waals surface area contributed by atoms with Crippen molar-refractivity contribution in [3.05, 3.63) is 29.3 Å². The minimum absolute atomic E-state index is 0.0306. The highest BCUT2D eigenvalue weighted by Crippen LogP contribution is 2.24. The molecule has 0 spiro atoms. The van der Waals surface area contributed by atoms with Crippen molar-refractivity contribution < 1.29 is 19.1 Å². The maximum Gasteiger partial charge on any atom is 0.326 e. The molecule has 0 radical (unpaired) electrons. The molecule has 2 N–H and O–H groups in total. The molecule has 0 atom stereocenters. The van der Waals surface area contributed by atoms with E-state index in [1.165, 1.54) is 4.90 Å². The molecule has 1 aromatic carbocycles. The van der Waals surface area contributed by atoms with Gasteiger partial charge in [0.25, 0.3) is 5.91 Å². The SMILES string of the molecule is CC(C)(C)OC(=O)CN1CCc2ccc(OCCCCN)cc2C1=O. The van der Waals surface area contributed by atoms with Crippen molar-refractivity contribution in [2.24, 2.45) is 5.73 Å². The maximum absolute atomic E-state index is 12.7. The van der Waals surface area contributed by atoms with Gasteiger partial charge in [-0.1, -0.05) is 6.07 Å². The number of carbonyl (C=O) groups is 2. The maximum atomic E-state index is 12.7. The third-order valence-electron chi connectivity index (χ3n) is 3.86. The van der Waals surface area contributed by atoms with Gasteiger partial charge >= 0.3 is 5.97 Å². The highest BCUT2D eigenvalue weighted by molar-refractivity contribution is 5.98. The van der Waals surface area contributed by atoms with E-state index >= 15 is 0 Å². The fourth-order valence-corrected chi connectivity index (χ4v) is 2.71. The van der Waals surface area contributed by atoms with E-state index in [0.717, 1.165) is 24.8 Å². The lowest BCUT2D eigenvalue weighted by Crippen LogP contribution is -2.42. The molecular weight excluding hydrogens is 320 g/mol. The van der Waals surface area contributed by atoms with Crippen LogP contribution in [-0.4, -0.2) is 48.6 Å². The number of fused-ring (bicyclic) bond motifs is 1. The van der Waals surface area contributed by atoms with Gasteiger partial charge in [-0.2, -0.15) is 0 Å². The summed E-state index contributed by atoms with van der Waals surface area (Å²) in [5, 5.41) is 0. The molecule has 0 unspecified atom stereocenters. The van der Waals surface area contributed by atoms with E-state index in [0.29, 0.717) is 31.0 Å². The summed E-state index contributed by atoms with van der Waals surface area (Å²) < 4.78 is 11.0. The van der Waals surface area contributed by atoms with Crippen molar-refractivity contribution in [3.8, 4) is 5.75 Å². The Bertz CT molecular complexity index is 622. The Morgan fingerprint density at radius 2 is 2.04 bits per heavy atom. The van der Waals surface area contributed by atoms with Gasteiger partial charge in [-0.05, 0) is 64.3 Å². The summed E-state index contributed by atoms with van der Waals surface area (Å²) in [6.07, 6.45) is 2.51. The molecule has 0 aliphatic carbocycles. The zero-order valence-electron chi connectivity index (χ0n) is 15.3. The lowest BCUT2D eigenvalue weighted by atomic mass is 9.98. The van der Waals surface area contributed by atoms with Crippen LogP contribution in [-0.2, 0) is 16.0 Å². The van der Waals surface area contributed by atoms with Crippen molar-refractivity contribution in [3.63, 3.8) is 0 Å². The first-order valence-electron chi connectivity index (χ1n) is 8.77. The summed E-state index contributed by atoms with van der Waals surface area (Å²) in [6.45, 7) is 7.14. The molecule has 1 amide bonds. The predicted molar refractivity (Wildman–Crippen MR) is 95.7 cm³/mol. The third-order valence-corrected chi connectivity index (χ3v) is 3.86. The van der Waals surface area contributed by atoms with Crippen LogP contribution in [0, 0.1) is 0 Å². The number of amides is 1. The standard InChI is InChI=1S/C19H28N2O4/c1-19(2,3)25-17(22)13-21-10-8-14-6-7-15(12-16(14)18(21)23)24-11-5-4-9-20/h6-7,12H,4-5,8-11,13,20H2,1-3H3. The van der Waals surface area contributed by atoms with Gasteiger partial charge in [0.05, 0.1) is 6.61 Å². The van der Waals surface area contributed by atoms with Crippen LogP contribution in [0.15, 0.2) is 18.2 Å². The van der Waals surface area contributed by atoms with E-state index in [1.807, 2.05) is 32.9 Å². The van der Waals surface area contributed by atoms with Crippen LogP contribution in [0.4, 0.5) is 0 Å². The first-order valence-corrected chi connectivity index (χ1v) is 8.77. The summed E-state index contributed by atoms with van der Waals surface area (Å²) in [7, 11) is 0. The molecule has 25 heavy (non-hydrogen) atoms. The lowest BCUT2D eigenvalue weighted by molar-refractivity contribution is -0.155. The van der Waals surface area contributed by atoms with E-state index in [-0.39, 0.29) is 12.5 Å². The van der Waals surface area contributed by atoms with Gasteiger partial charge in [-0.3, -0.25) is 9.59 Å². The molecule has 6 heteroatoms. The largest absolute Gasteiger partial charge is 0.494 e. The quantitative estimate of drug-likeness (QED) is 0.603. The van der Waals surface area contributed by atoms with Crippen molar-refractivity contribution in [2.45, 2.75) is 45.6 Å². The normalized spacial score (nSPS) is 14.2. The van der Waals surface area contributed by atoms with E-state index in [9.17, 15) is 9.59 Å². The first kappa shape index (κ1) is 19.2. The van der Waals surface area contributed by atoms with E-state index in [4.69, 9.17) is 15.2 Å². The van der Waals surface area contributed by atoms with E-state index in [2.05, 4.69) is 0 Å². The van der Waals surface area contributed by atoms with E-state index in [1.54, 1.807) is 6.07 Å². The van der Waals surface area contributed by atoms with Gasteiger partial charge in [0.15, 0.2) is 0 Å². The summed E-state index contributed by atoms with van der Waals surface area (Å²) in [4.78, 5) is 26.2. The molecule has 1 heterocycles. The lowest BCUT2D eigenvalue weighted by Gasteiger charge is -2.29. The number of unbranched alkanes of at least 4 members (excludes halogenated alkanes) is 1. The van der Waals surface area contributed by atoms with Gasteiger partial charge in [0.2, 0.25) is 0 Å². The monoisotopic (exact) mass is 348 g/mol. The molecule has 1 aliphatic heterocycles. The molecule has 1 aliphatic rings. The first-order chi connectivity index (χ1) is 11.8. The number of benzene rings is 1. The topological polar surface area (TPSA) is 81.9 Å².